The van der Waals surface area contributed by atoms with Crippen LogP contribution in [-0.2, 0) is 9.53 Å². The van der Waals surface area contributed by atoms with Gasteiger partial charge in [0.2, 0.25) is 0 Å². The summed E-state index contributed by atoms with van der Waals surface area (Å²) in [7, 11) is 0. The fraction of sp³-hybridized carbons (Fsp3) is 0.909. The smallest absolute Gasteiger partial charge is 0.326 e. The Balaban J connectivity index is 2.23. The summed E-state index contributed by atoms with van der Waals surface area (Å²) in [6.45, 7) is 2.89. The van der Waals surface area contributed by atoms with Crippen molar-refractivity contribution < 1.29 is 14.6 Å². The molecule has 15 heavy (non-hydrogen) atoms. The van der Waals surface area contributed by atoms with E-state index in [4.69, 9.17) is 15.6 Å². The quantitative estimate of drug-likeness (QED) is 0.600. The van der Waals surface area contributed by atoms with Crippen molar-refractivity contribution in [2.24, 2.45) is 11.7 Å². The number of unbranched alkanes of at least 4 members (excludes halogenated alkanes) is 2. The second-order valence-electron chi connectivity index (χ2n) is 4.38. The SMILES string of the molecule is CCCCCOCC(N)(C(=O)O)C1CC1. The molecule has 0 aromatic heterocycles. The van der Waals surface area contributed by atoms with Crippen molar-refractivity contribution in [2.75, 3.05) is 13.2 Å². The average Bonchev–Trinajstić information content (AvgIpc) is 3.00. The van der Waals surface area contributed by atoms with E-state index in [1.54, 1.807) is 0 Å². The molecule has 0 radical (unpaired) electrons. The highest BCUT2D eigenvalue weighted by Gasteiger charge is 2.48. The second-order valence-corrected chi connectivity index (χ2v) is 4.38. The average molecular weight is 215 g/mol. The lowest BCUT2D eigenvalue weighted by molar-refractivity contribution is -0.147. The highest BCUT2D eigenvalue weighted by atomic mass is 16.5. The Morgan fingerprint density at radius 1 is 1.53 bits per heavy atom. The van der Waals surface area contributed by atoms with Crippen LogP contribution < -0.4 is 5.73 Å². The molecule has 1 atom stereocenters. The number of ether oxygens (including phenoxy) is 1. The van der Waals surface area contributed by atoms with Gasteiger partial charge in [-0.3, -0.25) is 4.79 Å². The normalized spacial score (nSPS) is 19.9. The molecule has 1 rings (SSSR count). The molecule has 1 fully saturated rings. The van der Waals surface area contributed by atoms with E-state index in [9.17, 15) is 4.79 Å². The number of carboxylic acid groups (broad SMARTS) is 1. The van der Waals surface area contributed by atoms with E-state index in [1.807, 2.05) is 0 Å². The number of carboxylic acids is 1. The van der Waals surface area contributed by atoms with Crippen molar-refractivity contribution in [2.45, 2.75) is 44.6 Å². The zero-order valence-corrected chi connectivity index (χ0v) is 9.37. The topological polar surface area (TPSA) is 72.5 Å². The van der Waals surface area contributed by atoms with Crippen LogP contribution >= 0.6 is 0 Å². The molecule has 0 heterocycles. The molecule has 0 aromatic rings. The molecule has 0 bridgehead atoms. The summed E-state index contributed by atoms with van der Waals surface area (Å²) in [5.41, 5.74) is 4.69. The molecule has 0 amide bonds. The third-order valence-electron chi connectivity index (χ3n) is 2.94. The molecule has 4 heteroatoms. The Hall–Kier alpha value is -0.610. The van der Waals surface area contributed by atoms with Crippen LogP contribution in [0.5, 0.6) is 0 Å². The standard InChI is InChI=1S/C11H21NO3/c1-2-3-4-7-15-8-11(12,10(13)14)9-5-6-9/h9H,2-8,12H2,1H3,(H,13,14). The molecule has 4 nitrogen and oxygen atoms in total. The largest absolute Gasteiger partial charge is 0.480 e. The minimum Gasteiger partial charge on any atom is -0.480 e. The highest BCUT2D eigenvalue weighted by Crippen LogP contribution is 2.38. The van der Waals surface area contributed by atoms with Gasteiger partial charge in [0.25, 0.3) is 0 Å². The summed E-state index contributed by atoms with van der Waals surface area (Å²) < 4.78 is 5.36. The Bertz CT molecular complexity index is 216. The molecular formula is C11H21NO3. The van der Waals surface area contributed by atoms with Crippen molar-refractivity contribution in [3.8, 4) is 0 Å². The van der Waals surface area contributed by atoms with E-state index in [-0.39, 0.29) is 12.5 Å². The second kappa shape index (κ2) is 5.47. The van der Waals surface area contributed by atoms with Gasteiger partial charge in [-0.1, -0.05) is 19.8 Å². The first-order valence-electron chi connectivity index (χ1n) is 5.71. The first-order valence-corrected chi connectivity index (χ1v) is 5.71. The number of aliphatic carboxylic acids is 1. The maximum Gasteiger partial charge on any atom is 0.326 e. The van der Waals surface area contributed by atoms with Crippen LogP contribution in [-0.4, -0.2) is 29.8 Å². The van der Waals surface area contributed by atoms with Crippen LogP contribution in [0.1, 0.15) is 39.0 Å². The van der Waals surface area contributed by atoms with Gasteiger partial charge in [0.1, 0.15) is 5.54 Å². The van der Waals surface area contributed by atoms with Gasteiger partial charge in [0, 0.05) is 6.61 Å². The van der Waals surface area contributed by atoms with Gasteiger partial charge in [-0.05, 0) is 25.2 Å². The molecule has 0 aromatic carbocycles. The number of rotatable bonds is 8. The zero-order valence-electron chi connectivity index (χ0n) is 9.37. The maximum atomic E-state index is 11.0. The van der Waals surface area contributed by atoms with E-state index in [0.717, 1.165) is 32.1 Å². The Labute approximate surface area is 90.8 Å². The first kappa shape index (κ1) is 12.5. The summed E-state index contributed by atoms with van der Waals surface area (Å²) in [4.78, 5) is 11.0. The fourth-order valence-electron chi connectivity index (χ4n) is 1.65. The van der Waals surface area contributed by atoms with Gasteiger partial charge >= 0.3 is 5.97 Å². The summed E-state index contributed by atoms with van der Waals surface area (Å²) >= 11 is 0. The molecule has 1 unspecified atom stereocenters. The van der Waals surface area contributed by atoms with Gasteiger partial charge < -0.3 is 15.6 Å². The van der Waals surface area contributed by atoms with Crippen molar-refractivity contribution in [3.63, 3.8) is 0 Å². The van der Waals surface area contributed by atoms with Crippen molar-refractivity contribution in [1.82, 2.24) is 0 Å². The highest BCUT2D eigenvalue weighted by molar-refractivity contribution is 5.79. The van der Waals surface area contributed by atoms with E-state index in [2.05, 4.69) is 6.92 Å². The number of hydrogen-bond acceptors (Lipinski definition) is 3. The Morgan fingerprint density at radius 2 is 2.20 bits per heavy atom. The monoisotopic (exact) mass is 215 g/mol. The fourth-order valence-corrected chi connectivity index (χ4v) is 1.65. The molecule has 0 spiro atoms. The molecule has 1 aliphatic rings. The van der Waals surface area contributed by atoms with Gasteiger partial charge in [0.15, 0.2) is 0 Å². The summed E-state index contributed by atoms with van der Waals surface area (Å²) in [6.07, 6.45) is 5.08. The van der Waals surface area contributed by atoms with Crippen LogP contribution in [0.25, 0.3) is 0 Å². The molecule has 0 aliphatic heterocycles. The van der Waals surface area contributed by atoms with E-state index < -0.39 is 11.5 Å². The third-order valence-corrected chi connectivity index (χ3v) is 2.94. The van der Waals surface area contributed by atoms with Gasteiger partial charge in [-0.2, -0.15) is 0 Å². The van der Waals surface area contributed by atoms with E-state index in [0.29, 0.717) is 6.61 Å². The lowest BCUT2D eigenvalue weighted by Crippen LogP contribution is -2.54. The van der Waals surface area contributed by atoms with Gasteiger partial charge in [-0.25, -0.2) is 0 Å². The molecule has 1 saturated carbocycles. The lowest BCUT2D eigenvalue weighted by atomic mass is 9.96. The molecular weight excluding hydrogens is 194 g/mol. The van der Waals surface area contributed by atoms with Crippen LogP contribution in [0.2, 0.25) is 0 Å². The first-order chi connectivity index (χ1) is 7.11. The van der Waals surface area contributed by atoms with Gasteiger partial charge in [-0.15, -0.1) is 0 Å². The Kier molecular flexibility index (Phi) is 4.54. The minimum absolute atomic E-state index is 0.112. The molecule has 1 aliphatic carbocycles. The minimum atomic E-state index is -1.15. The number of carbonyl (C=O) groups is 1. The van der Waals surface area contributed by atoms with Crippen LogP contribution in [0, 0.1) is 5.92 Å². The predicted octanol–water partition coefficient (Wildman–Crippen LogP) is 1.39. The van der Waals surface area contributed by atoms with Crippen LogP contribution in [0.4, 0.5) is 0 Å². The predicted molar refractivity (Wildman–Crippen MR) is 57.6 cm³/mol. The zero-order chi connectivity index (χ0) is 11.3. The maximum absolute atomic E-state index is 11.0. The van der Waals surface area contributed by atoms with Crippen molar-refractivity contribution in [3.05, 3.63) is 0 Å². The van der Waals surface area contributed by atoms with Crippen LogP contribution in [0.3, 0.4) is 0 Å². The summed E-state index contributed by atoms with van der Waals surface area (Å²) in [5.74, 6) is -0.818. The molecule has 0 saturated heterocycles. The van der Waals surface area contributed by atoms with E-state index in [1.165, 1.54) is 0 Å². The lowest BCUT2D eigenvalue weighted by Gasteiger charge is -2.24. The number of nitrogens with two attached hydrogens (primary N) is 1. The van der Waals surface area contributed by atoms with Crippen LogP contribution in [0.15, 0.2) is 0 Å². The van der Waals surface area contributed by atoms with E-state index >= 15 is 0 Å². The number of hydrogen-bond donors (Lipinski definition) is 2. The summed E-state index contributed by atoms with van der Waals surface area (Å²) in [5, 5.41) is 9.04. The Morgan fingerprint density at radius 3 is 2.67 bits per heavy atom. The molecule has 88 valence electrons. The van der Waals surface area contributed by atoms with Crippen molar-refractivity contribution >= 4 is 5.97 Å². The van der Waals surface area contributed by atoms with Gasteiger partial charge in [0.05, 0.1) is 6.61 Å². The summed E-state index contributed by atoms with van der Waals surface area (Å²) in [6, 6.07) is 0. The third kappa shape index (κ3) is 3.47. The van der Waals surface area contributed by atoms with Crippen molar-refractivity contribution in [1.29, 1.82) is 0 Å². The molecule has 3 N–H and O–H groups in total.